The van der Waals surface area contributed by atoms with E-state index < -0.39 is 29.6 Å². The highest BCUT2D eigenvalue weighted by Gasteiger charge is 2.76. The Morgan fingerprint density at radius 3 is 2.47 bits per heavy atom. The number of carbonyl (C=O) groups excluding carboxylic acids is 3. The van der Waals surface area contributed by atoms with Gasteiger partial charge in [-0.2, -0.15) is 0 Å². The Balaban J connectivity index is 1.29. The lowest BCUT2D eigenvalue weighted by Crippen LogP contribution is -2.54. The van der Waals surface area contributed by atoms with Gasteiger partial charge in [0.15, 0.2) is 0 Å². The monoisotopic (exact) mass is 649 g/mol. The summed E-state index contributed by atoms with van der Waals surface area (Å²) in [5.74, 6) is -1.74. The number of fused-ring (bicyclic) bond motifs is 2. The molecule has 3 N–H and O–H groups in total. The first-order valence-corrected chi connectivity index (χ1v) is 15.8. The molecule has 1 spiro atoms. The second-order valence-corrected chi connectivity index (χ2v) is 12.7. The molecule has 0 aliphatic carbocycles. The van der Waals surface area contributed by atoms with E-state index in [1.165, 1.54) is 0 Å². The number of nitrogens with one attached hydrogen (secondary N) is 2. The summed E-state index contributed by atoms with van der Waals surface area (Å²) in [5, 5.41) is 17.3. The number of aliphatic hydroxyl groups excluding tert-OH is 1. The van der Waals surface area contributed by atoms with Crippen LogP contribution in [0.3, 0.4) is 0 Å². The number of ether oxygens (including phenoxy) is 2. The largest absolute Gasteiger partial charge is 0.494 e. The summed E-state index contributed by atoms with van der Waals surface area (Å²) in [7, 11) is 0. The minimum absolute atomic E-state index is 0.0657. The summed E-state index contributed by atoms with van der Waals surface area (Å²) in [4.78, 5) is 43.5. The van der Waals surface area contributed by atoms with E-state index in [0.29, 0.717) is 56.0 Å². The van der Waals surface area contributed by atoms with Crippen LogP contribution in [0.15, 0.2) is 66.7 Å². The maximum atomic E-state index is 14.2. The van der Waals surface area contributed by atoms with Crippen LogP contribution in [0.2, 0.25) is 0 Å². The maximum absolute atomic E-state index is 14.2. The molecular weight excluding hydrogens is 614 g/mol. The van der Waals surface area contributed by atoms with E-state index in [0.717, 1.165) is 10.8 Å². The molecule has 3 heterocycles. The number of unbranched alkanes of at least 4 members (excludes halogenated alkanes) is 2. The van der Waals surface area contributed by atoms with Gasteiger partial charge in [0, 0.05) is 29.4 Å². The minimum Gasteiger partial charge on any atom is -0.494 e. The van der Waals surface area contributed by atoms with E-state index in [-0.39, 0.29) is 29.2 Å². The molecule has 2 bridgehead atoms. The van der Waals surface area contributed by atoms with Gasteiger partial charge in [0.05, 0.1) is 24.5 Å². The normalized spacial score (nSPS) is 27.4. The van der Waals surface area contributed by atoms with Gasteiger partial charge in [-0.15, -0.1) is 0 Å². The van der Waals surface area contributed by atoms with Crippen LogP contribution in [0, 0.1) is 11.8 Å². The van der Waals surface area contributed by atoms with Crippen LogP contribution >= 0.6 is 15.9 Å². The number of likely N-dealkylation sites (tertiary alicyclic amines) is 1. The predicted molar refractivity (Wildman–Crippen MR) is 167 cm³/mol. The SMILES string of the molecule is CCOc1ccc(NC(=O)[C@H]2[C@H]3C(=O)N(CCCCCO)C(C(=O)Nc4ccc5ccccc5c4)C34CC(Br)[C@@H]2O4)cc1. The summed E-state index contributed by atoms with van der Waals surface area (Å²) in [6.45, 7) is 2.84. The zero-order valence-electron chi connectivity index (χ0n) is 24.0. The number of amides is 3. The zero-order valence-corrected chi connectivity index (χ0v) is 25.6. The molecule has 3 fully saturated rings. The molecule has 3 amide bonds. The van der Waals surface area contributed by atoms with Gasteiger partial charge in [-0.05, 0) is 79.8 Å². The van der Waals surface area contributed by atoms with Crippen molar-refractivity contribution in [3.8, 4) is 5.75 Å². The van der Waals surface area contributed by atoms with E-state index in [1.807, 2.05) is 49.4 Å². The molecule has 3 unspecified atom stereocenters. The number of hydrogen-bond donors (Lipinski definition) is 3. The van der Waals surface area contributed by atoms with Gasteiger partial charge in [-0.25, -0.2) is 0 Å². The number of aliphatic hydroxyl groups is 1. The molecule has 0 saturated carbocycles. The maximum Gasteiger partial charge on any atom is 0.250 e. The fourth-order valence-electron chi connectivity index (χ4n) is 7.05. The molecule has 3 aliphatic heterocycles. The van der Waals surface area contributed by atoms with Gasteiger partial charge < -0.3 is 30.1 Å². The van der Waals surface area contributed by atoms with Crippen LogP contribution in [0.1, 0.15) is 32.6 Å². The van der Waals surface area contributed by atoms with Crippen LogP contribution in [0.4, 0.5) is 11.4 Å². The fraction of sp³-hybridized carbons (Fsp3) is 0.424. The van der Waals surface area contributed by atoms with Gasteiger partial charge in [-0.1, -0.05) is 46.3 Å². The third-order valence-corrected chi connectivity index (χ3v) is 9.69. The van der Waals surface area contributed by atoms with Crippen molar-refractivity contribution in [2.45, 2.75) is 55.2 Å². The highest BCUT2D eigenvalue weighted by molar-refractivity contribution is 9.09. The number of alkyl halides is 1. The molecule has 9 nitrogen and oxygen atoms in total. The average Bonchev–Trinajstić information content (AvgIpc) is 3.59. The van der Waals surface area contributed by atoms with E-state index in [9.17, 15) is 19.5 Å². The van der Waals surface area contributed by atoms with E-state index in [1.54, 1.807) is 29.2 Å². The second kappa shape index (κ2) is 12.3. The van der Waals surface area contributed by atoms with Crippen LogP contribution in [-0.4, -0.2) is 70.1 Å². The molecule has 3 aromatic rings. The average molecular weight is 651 g/mol. The van der Waals surface area contributed by atoms with Crippen molar-refractivity contribution < 1.29 is 29.0 Å². The molecule has 10 heteroatoms. The van der Waals surface area contributed by atoms with E-state index >= 15 is 0 Å². The lowest BCUT2D eigenvalue weighted by Gasteiger charge is -2.34. The Morgan fingerprint density at radius 1 is 1.00 bits per heavy atom. The Morgan fingerprint density at radius 2 is 1.72 bits per heavy atom. The third kappa shape index (κ3) is 5.41. The molecule has 6 atom stereocenters. The Kier molecular flexibility index (Phi) is 8.44. The Labute approximate surface area is 259 Å². The van der Waals surface area contributed by atoms with E-state index in [4.69, 9.17) is 9.47 Å². The number of nitrogens with zero attached hydrogens (tertiary/aromatic N) is 1. The number of hydrogen-bond acceptors (Lipinski definition) is 6. The number of halogens is 1. The zero-order chi connectivity index (χ0) is 30.1. The quantitative estimate of drug-likeness (QED) is 0.204. The van der Waals surface area contributed by atoms with Crippen molar-refractivity contribution >= 4 is 55.8 Å². The first kappa shape index (κ1) is 29.6. The highest BCUT2D eigenvalue weighted by Crippen LogP contribution is 2.60. The summed E-state index contributed by atoms with van der Waals surface area (Å²) < 4.78 is 12.1. The molecular formula is C33H36BrN3O6. The van der Waals surface area contributed by atoms with Crippen LogP contribution in [0.5, 0.6) is 5.75 Å². The first-order chi connectivity index (χ1) is 20.9. The molecule has 43 heavy (non-hydrogen) atoms. The van der Waals surface area contributed by atoms with Crippen molar-refractivity contribution in [3.05, 3.63) is 66.7 Å². The first-order valence-electron chi connectivity index (χ1n) is 14.9. The number of anilines is 2. The summed E-state index contributed by atoms with van der Waals surface area (Å²) in [6.07, 6.45) is 1.83. The molecule has 0 aromatic heterocycles. The van der Waals surface area contributed by atoms with Crippen LogP contribution in [-0.2, 0) is 19.1 Å². The van der Waals surface area contributed by atoms with Gasteiger partial charge in [0.1, 0.15) is 17.4 Å². The molecule has 3 aromatic carbocycles. The van der Waals surface area contributed by atoms with Crippen molar-refractivity contribution in [3.63, 3.8) is 0 Å². The predicted octanol–water partition coefficient (Wildman–Crippen LogP) is 4.73. The van der Waals surface area contributed by atoms with Crippen LogP contribution in [0.25, 0.3) is 10.8 Å². The van der Waals surface area contributed by atoms with E-state index in [2.05, 4.69) is 26.6 Å². The Bertz CT molecular complexity index is 1520. The van der Waals surface area contributed by atoms with Crippen LogP contribution < -0.4 is 15.4 Å². The highest BCUT2D eigenvalue weighted by atomic mass is 79.9. The minimum atomic E-state index is -1.14. The molecule has 3 aliphatic rings. The fourth-order valence-corrected chi connectivity index (χ4v) is 7.99. The van der Waals surface area contributed by atoms with Gasteiger partial charge >= 0.3 is 0 Å². The summed E-state index contributed by atoms with van der Waals surface area (Å²) in [6, 6.07) is 19.8. The van der Waals surface area contributed by atoms with Crippen molar-refractivity contribution in [1.82, 2.24) is 4.90 Å². The summed E-state index contributed by atoms with van der Waals surface area (Å²) in [5.41, 5.74) is 0.0755. The second-order valence-electron chi connectivity index (χ2n) is 11.5. The van der Waals surface area contributed by atoms with Crippen molar-refractivity contribution in [2.24, 2.45) is 11.8 Å². The van der Waals surface area contributed by atoms with Crippen molar-refractivity contribution in [2.75, 3.05) is 30.4 Å². The molecule has 6 rings (SSSR count). The smallest absolute Gasteiger partial charge is 0.250 e. The number of benzene rings is 3. The number of carbonyl (C=O) groups is 3. The Hall–Kier alpha value is -3.47. The van der Waals surface area contributed by atoms with Gasteiger partial charge in [-0.3, -0.25) is 14.4 Å². The topological polar surface area (TPSA) is 117 Å². The molecule has 0 radical (unpaired) electrons. The lowest BCUT2D eigenvalue weighted by atomic mass is 9.70. The van der Waals surface area contributed by atoms with Gasteiger partial charge in [0.25, 0.3) is 0 Å². The lowest BCUT2D eigenvalue weighted by molar-refractivity contribution is -0.139. The third-order valence-electron chi connectivity index (χ3n) is 8.85. The molecule has 3 saturated heterocycles. The summed E-state index contributed by atoms with van der Waals surface area (Å²) >= 11 is 3.72. The number of rotatable bonds is 11. The molecule has 226 valence electrons. The standard InChI is InChI=1S/C33H36BrN3O6/c1-2-42-24-14-12-22(13-15-24)35-30(39)26-27-32(41)37(16-6-3-7-17-38)29(33(27)19-25(34)28(26)43-33)31(40)36-23-11-10-20-8-4-5-9-21(20)18-23/h4-5,8-15,18,25-29,38H,2-3,6-7,16-17,19H2,1H3,(H,35,39)(H,36,40)/t25?,26-,27-,28-,29?,33?/m0/s1. The van der Waals surface area contributed by atoms with Gasteiger partial charge in [0.2, 0.25) is 17.7 Å². The van der Waals surface area contributed by atoms with Crippen molar-refractivity contribution in [1.29, 1.82) is 0 Å².